The maximum absolute atomic E-state index is 12.3. The number of hydrogen-bond donors (Lipinski definition) is 2. The molecule has 0 bridgehead atoms. The van der Waals surface area contributed by atoms with E-state index in [0.29, 0.717) is 23.4 Å². The Morgan fingerprint density at radius 1 is 1.17 bits per heavy atom. The molecule has 0 aliphatic heterocycles. The Morgan fingerprint density at radius 2 is 1.83 bits per heavy atom. The third-order valence-electron chi connectivity index (χ3n) is 4.64. The smallest absolute Gasteiger partial charge is 0.254 e. The maximum atomic E-state index is 12.3. The maximum Gasteiger partial charge on any atom is 0.254 e. The number of primary amides is 1. The first kappa shape index (κ1) is 20.5. The molecule has 0 fully saturated rings. The van der Waals surface area contributed by atoms with Crippen LogP contribution in [0, 0.1) is 13.8 Å². The van der Waals surface area contributed by atoms with Crippen LogP contribution in [0.2, 0.25) is 0 Å². The SMILES string of the molecule is Cc1nc2c(C(N)=O)cnn2c(C)c1CCC(=O)Nc1ccc(S(C)(=O)=O)cc1. The van der Waals surface area contributed by atoms with E-state index in [1.165, 1.54) is 18.3 Å². The summed E-state index contributed by atoms with van der Waals surface area (Å²) >= 11 is 0. The molecule has 3 aromatic rings. The van der Waals surface area contributed by atoms with Crippen LogP contribution in [0.3, 0.4) is 0 Å². The number of carbonyl (C=O) groups excluding carboxylic acids is 2. The van der Waals surface area contributed by atoms with Crippen LogP contribution in [0.25, 0.3) is 5.65 Å². The van der Waals surface area contributed by atoms with Crippen molar-refractivity contribution in [1.29, 1.82) is 0 Å². The summed E-state index contributed by atoms with van der Waals surface area (Å²) in [5.41, 5.74) is 8.85. The van der Waals surface area contributed by atoms with Crippen LogP contribution in [0.5, 0.6) is 0 Å². The molecule has 3 N–H and O–H groups in total. The number of rotatable bonds is 6. The van der Waals surface area contributed by atoms with Gasteiger partial charge in [0.2, 0.25) is 5.91 Å². The van der Waals surface area contributed by atoms with Crippen LogP contribution in [-0.4, -0.2) is 41.1 Å². The van der Waals surface area contributed by atoms with E-state index in [9.17, 15) is 18.0 Å². The normalized spacial score (nSPS) is 11.6. The van der Waals surface area contributed by atoms with Gasteiger partial charge in [-0.25, -0.2) is 17.9 Å². The van der Waals surface area contributed by atoms with Crippen molar-refractivity contribution in [2.45, 2.75) is 31.6 Å². The van der Waals surface area contributed by atoms with Gasteiger partial charge in [0.1, 0.15) is 5.56 Å². The lowest BCUT2D eigenvalue weighted by atomic mass is 10.1. The molecular formula is C19H21N5O4S. The highest BCUT2D eigenvalue weighted by atomic mass is 32.2. The molecule has 0 aliphatic rings. The Balaban J connectivity index is 1.73. The minimum absolute atomic E-state index is 0.190. The molecule has 0 saturated carbocycles. The highest BCUT2D eigenvalue weighted by Crippen LogP contribution is 2.19. The summed E-state index contributed by atoms with van der Waals surface area (Å²) in [6, 6.07) is 6.00. The van der Waals surface area contributed by atoms with E-state index in [1.807, 2.05) is 13.8 Å². The molecule has 2 aromatic heterocycles. The van der Waals surface area contributed by atoms with Gasteiger partial charge < -0.3 is 11.1 Å². The van der Waals surface area contributed by atoms with Crippen LogP contribution < -0.4 is 11.1 Å². The minimum Gasteiger partial charge on any atom is -0.365 e. The molecule has 2 heterocycles. The first-order valence-electron chi connectivity index (χ1n) is 8.81. The summed E-state index contributed by atoms with van der Waals surface area (Å²) in [5, 5.41) is 6.92. The highest BCUT2D eigenvalue weighted by Gasteiger charge is 2.17. The minimum atomic E-state index is -3.28. The van der Waals surface area contributed by atoms with Crippen molar-refractivity contribution < 1.29 is 18.0 Å². The summed E-state index contributed by atoms with van der Waals surface area (Å²) in [4.78, 5) is 28.4. The van der Waals surface area contributed by atoms with E-state index in [0.717, 1.165) is 17.5 Å². The lowest BCUT2D eigenvalue weighted by Gasteiger charge is -2.11. The largest absolute Gasteiger partial charge is 0.365 e. The monoisotopic (exact) mass is 415 g/mol. The molecule has 0 aliphatic carbocycles. The molecule has 0 unspecified atom stereocenters. The Hall–Kier alpha value is -3.27. The van der Waals surface area contributed by atoms with Crippen LogP contribution in [-0.2, 0) is 21.1 Å². The molecule has 9 nitrogen and oxygen atoms in total. The highest BCUT2D eigenvalue weighted by molar-refractivity contribution is 7.90. The van der Waals surface area contributed by atoms with E-state index in [1.54, 1.807) is 16.6 Å². The van der Waals surface area contributed by atoms with Crippen LogP contribution >= 0.6 is 0 Å². The second-order valence-electron chi connectivity index (χ2n) is 6.76. The zero-order chi connectivity index (χ0) is 21.3. The Labute approximate surface area is 167 Å². The molecule has 0 radical (unpaired) electrons. The molecular weight excluding hydrogens is 394 g/mol. The second kappa shape index (κ2) is 7.63. The van der Waals surface area contributed by atoms with Crippen molar-refractivity contribution in [1.82, 2.24) is 14.6 Å². The molecule has 0 spiro atoms. The van der Waals surface area contributed by atoms with E-state index in [4.69, 9.17) is 5.73 Å². The Bertz CT molecular complexity index is 1210. The van der Waals surface area contributed by atoms with Crippen LogP contribution in [0.4, 0.5) is 5.69 Å². The third kappa shape index (κ3) is 4.27. The zero-order valence-electron chi connectivity index (χ0n) is 16.3. The van der Waals surface area contributed by atoms with E-state index in [2.05, 4.69) is 15.4 Å². The molecule has 152 valence electrons. The van der Waals surface area contributed by atoms with Gasteiger partial charge in [0.25, 0.3) is 5.91 Å². The number of nitrogens with one attached hydrogen (secondary N) is 1. The fourth-order valence-corrected chi connectivity index (χ4v) is 3.72. The summed E-state index contributed by atoms with van der Waals surface area (Å²) in [7, 11) is -3.28. The van der Waals surface area contributed by atoms with Gasteiger partial charge in [0.15, 0.2) is 15.5 Å². The quantitative estimate of drug-likeness (QED) is 0.625. The summed E-state index contributed by atoms with van der Waals surface area (Å²) in [6.45, 7) is 3.65. The zero-order valence-corrected chi connectivity index (χ0v) is 17.1. The van der Waals surface area contributed by atoms with Crippen molar-refractivity contribution in [2.24, 2.45) is 5.73 Å². The molecule has 1 aromatic carbocycles. The van der Waals surface area contributed by atoms with Crippen molar-refractivity contribution in [3.8, 4) is 0 Å². The number of aromatic nitrogens is 3. The first-order chi connectivity index (χ1) is 13.6. The standard InChI is InChI=1S/C19H21N5O4S/c1-11-15(12(2)24-19(22-11)16(10-21-24)18(20)26)8-9-17(25)23-13-4-6-14(7-5-13)29(3,27)28/h4-7,10H,8-9H2,1-3H3,(H2,20,26)(H,23,25). The number of carbonyl (C=O) groups is 2. The molecule has 0 saturated heterocycles. The summed E-state index contributed by atoms with van der Waals surface area (Å²) < 4.78 is 24.5. The van der Waals surface area contributed by atoms with Crippen molar-refractivity contribution in [3.05, 3.63) is 53.0 Å². The molecule has 3 rings (SSSR count). The number of anilines is 1. The average Bonchev–Trinajstić information content (AvgIpc) is 3.05. The number of amides is 2. The first-order valence-corrected chi connectivity index (χ1v) is 10.7. The summed E-state index contributed by atoms with van der Waals surface area (Å²) in [5.74, 6) is -0.811. The van der Waals surface area contributed by atoms with Crippen molar-refractivity contribution in [3.63, 3.8) is 0 Å². The number of hydrogen-bond acceptors (Lipinski definition) is 6. The number of sulfone groups is 1. The number of fused-ring (bicyclic) bond motifs is 1. The number of benzene rings is 1. The molecule has 2 amide bonds. The number of aryl methyl sites for hydroxylation is 2. The molecule has 29 heavy (non-hydrogen) atoms. The Morgan fingerprint density at radius 3 is 2.41 bits per heavy atom. The third-order valence-corrected chi connectivity index (χ3v) is 5.77. The van der Waals surface area contributed by atoms with Crippen LogP contribution in [0.15, 0.2) is 35.4 Å². The van der Waals surface area contributed by atoms with E-state index >= 15 is 0 Å². The fraction of sp³-hybridized carbons (Fsp3) is 0.263. The van der Waals surface area contributed by atoms with Gasteiger partial charge >= 0.3 is 0 Å². The van der Waals surface area contributed by atoms with E-state index in [-0.39, 0.29) is 22.8 Å². The lowest BCUT2D eigenvalue weighted by molar-refractivity contribution is -0.116. The van der Waals surface area contributed by atoms with Gasteiger partial charge in [0.05, 0.1) is 11.1 Å². The topological polar surface area (TPSA) is 137 Å². The predicted octanol–water partition coefficient (Wildman–Crippen LogP) is 1.42. The Kier molecular flexibility index (Phi) is 5.38. The number of nitrogens with two attached hydrogens (primary N) is 1. The second-order valence-corrected chi connectivity index (χ2v) is 8.78. The van der Waals surface area contributed by atoms with Crippen molar-refractivity contribution >= 4 is 33.0 Å². The van der Waals surface area contributed by atoms with Crippen LogP contribution in [0.1, 0.15) is 33.7 Å². The van der Waals surface area contributed by atoms with Gasteiger partial charge in [-0.3, -0.25) is 9.59 Å². The molecule has 0 atom stereocenters. The number of nitrogens with zero attached hydrogens (tertiary/aromatic N) is 3. The van der Waals surface area contributed by atoms with Gasteiger partial charge in [-0.2, -0.15) is 5.10 Å². The van der Waals surface area contributed by atoms with Gasteiger partial charge in [0, 0.05) is 29.8 Å². The summed E-state index contributed by atoms with van der Waals surface area (Å²) in [6.07, 6.45) is 3.14. The van der Waals surface area contributed by atoms with Crippen molar-refractivity contribution in [2.75, 3.05) is 11.6 Å². The van der Waals surface area contributed by atoms with Gasteiger partial charge in [-0.15, -0.1) is 0 Å². The average molecular weight is 415 g/mol. The fourth-order valence-electron chi connectivity index (χ4n) is 3.09. The van der Waals surface area contributed by atoms with Gasteiger partial charge in [-0.05, 0) is 50.1 Å². The predicted molar refractivity (Wildman–Crippen MR) is 107 cm³/mol. The van der Waals surface area contributed by atoms with E-state index < -0.39 is 15.7 Å². The molecule has 10 heteroatoms. The van der Waals surface area contributed by atoms with Gasteiger partial charge in [-0.1, -0.05) is 0 Å². The lowest BCUT2D eigenvalue weighted by Crippen LogP contribution is -2.15.